The van der Waals surface area contributed by atoms with Gasteiger partial charge in [0.1, 0.15) is 0 Å². The monoisotopic (exact) mass is 231 g/mol. The minimum Gasteiger partial charge on any atom is -0.207 e. The SMILES string of the molecule is CN(CCS)S(=O)(=O)c1ccccc1. The van der Waals surface area contributed by atoms with Gasteiger partial charge in [-0.15, -0.1) is 0 Å². The molecule has 0 N–H and O–H groups in total. The fourth-order valence-electron chi connectivity index (χ4n) is 1.03. The number of nitrogens with zero attached hydrogens (tertiary/aromatic N) is 1. The van der Waals surface area contributed by atoms with E-state index in [1.807, 2.05) is 0 Å². The van der Waals surface area contributed by atoms with Gasteiger partial charge in [0.15, 0.2) is 0 Å². The molecular formula is C9H13NO2S2. The van der Waals surface area contributed by atoms with E-state index in [9.17, 15) is 8.42 Å². The highest BCUT2D eigenvalue weighted by molar-refractivity contribution is 7.89. The van der Waals surface area contributed by atoms with Gasteiger partial charge in [0.05, 0.1) is 4.90 Å². The number of sulfonamides is 1. The van der Waals surface area contributed by atoms with Crippen molar-refractivity contribution in [3.63, 3.8) is 0 Å². The molecule has 0 aliphatic rings. The van der Waals surface area contributed by atoms with Crippen molar-refractivity contribution < 1.29 is 8.42 Å². The van der Waals surface area contributed by atoms with Crippen molar-refractivity contribution in [1.82, 2.24) is 4.31 Å². The largest absolute Gasteiger partial charge is 0.242 e. The molecule has 1 aromatic rings. The van der Waals surface area contributed by atoms with E-state index >= 15 is 0 Å². The molecule has 14 heavy (non-hydrogen) atoms. The molecule has 0 bridgehead atoms. The molecule has 0 saturated carbocycles. The number of thiol groups is 1. The molecule has 78 valence electrons. The Morgan fingerprint density at radius 3 is 2.36 bits per heavy atom. The second-order valence-electron chi connectivity index (χ2n) is 2.86. The molecule has 0 fully saturated rings. The highest BCUT2D eigenvalue weighted by atomic mass is 32.2. The van der Waals surface area contributed by atoms with Gasteiger partial charge in [-0.3, -0.25) is 0 Å². The highest BCUT2D eigenvalue weighted by Gasteiger charge is 2.18. The first-order valence-corrected chi connectivity index (χ1v) is 6.28. The van der Waals surface area contributed by atoms with E-state index in [4.69, 9.17) is 0 Å². The lowest BCUT2D eigenvalue weighted by molar-refractivity contribution is 0.489. The molecular weight excluding hydrogens is 218 g/mol. The Hall–Kier alpha value is -0.520. The molecule has 0 aliphatic carbocycles. The number of hydrogen-bond acceptors (Lipinski definition) is 3. The first kappa shape index (κ1) is 11.6. The number of rotatable bonds is 4. The van der Waals surface area contributed by atoms with E-state index in [0.717, 1.165) is 0 Å². The molecule has 0 spiro atoms. The lowest BCUT2D eigenvalue weighted by Gasteiger charge is -2.15. The van der Waals surface area contributed by atoms with Crippen LogP contribution < -0.4 is 0 Å². The summed E-state index contributed by atoms with van der Waals surface area (Å²) in [4.78, 5) is 0.323. The lowest BCUT2D eigenvalue weighted by atomic mass is 10.4. The minimum absolute atomic E-state index is 0.323. The first-order chi connectivity index (χ1) is 6.59. The van der Waals surface area contributed by atoms with E-state index < -0.39 is 10.0 Å². The van der Waals surface area contributed by atoms with Crippen molar-refractivity contribution in [2.24, 2.45) is 0 Å². The first-order valence-electron chi connectivity index (χ1n) is 4.21. The highest BCUT2D eigenvalue weighted by Crippen LogP contribution is 2.12. The van der Waals surface area contributed by atoms with E-state index in [2.05, 4.69) is 12.6 Å². The van der Waals surface area contributed by atoms with Crippen LogP contribution >= 0.6 is 12.6 Å². The van der Waals surface area contributed by atoms with Crippen molar-refractivity contribution in [2.75, 3.05) is 19.3 Å². The fourth-order valence-corrected chi connectivity index (χ4v) is 2.66. The van der Waals surface area contributed by atoms with Gasteiger partial charge in [0, 0.05) is 19.3 Å². The zero-order chi connectivity index (χ0) is 10.6. The van der Waals surface area contributed by atoms with Gasteiger partial charge in [-0.2, -0.15) is 12.6 Å². The zero-order valence-electron chi connectivity index (χ0n) is 7.92. The van der Waals surface area contributed by atoms with E-state index in [1.54, 1.807) is 37.4 Å². The van der Waals surface area contributed by atoms with Crippen LogP contribution in [-0.4, -0.2) is 32.1 Å². The summed E-state index contributed by atoms with van der Waals surface area (Å²) in [5.41, 5.74) is 0. The maximum atomic E-state index is 11.8. The summed E-state index contributed by atoms with van der Waals surface area (Å²) in [6.45, 7) is 0.417. The Bertz CT molecular complexity index is 375. The third-order valence-corrected chi connectivity index (χ3v) is 3.94. The third kappa shape index (κ3) is 2.50. The van der Waals surface area contributed by atoms with E-state index in [1.165, 1.54) is 4.31 Å². The summed E-state index contributed by atoms with van der Waals surface area (Å²) in [5, 5.41) is 0. The Labute approximate surface area is 90.2 Å². The maximum absolute atomic E-state index is 11.8. The average Bonchev–Trinajstić information content (AvgIpc) is 2.19. The topological polar surface area (TPSA) is 37.4 Å². The van der Waals surface area contributed by atoms with Crippen molar-refractivity contribution in [3.05, 3.63) is 30.3 Å². The normalized spacial score (nSPS) is 11.9. The molecule has 5 heteroatoms. The number of hydrogen-bond donors (Lipinski definition) is 1. The Morgan fingerprint density at radius 1 is 1.29 bits per heavy atom. The van der Waals surface area contributed by atoms with Crippen LogP contribution in [-0.2, 0) is 10.0 Å². The standard InChI is InChI=1S/C9H13NO2S2/c1-10(7-8-13)14(11,12)9-5-3-2-4-6-9/h2-6,13H,7-8H2,1H3. The molecule has 0 aliphatic heterocycles. The predicted octanol–water partition coefficient (Wildman–Crippen LogP) is 1.24. The van der Waals surface area contributed by atoms with Crippen LogP contribution in [0.3, 0.4) is 0 Å². The lowest BCUT2D eigenvalue weighted by Crippen LogP contribution is -2.28. The average molecular weight is 231 g/mol. The quantitative estimate of drug-likeness (QED) is 0.792. The maximum Gasteiger partial charge on any atom is 0.242 e. The minimum atomic E-state index is -3.32. The molecule has 0 heterocycles. The van der Waals surface area contributed by atoms with Crippen molar-refractivity contribution in [2.45, 2.75) is 4.90 Å². The van der Waals surface area contributed by atoms with Crippen LogP contribution in [0, 0.1) is 0 Å². The van der Waals surface area contributed by atoms with Gasteiger partial charge >= 0.3 is 0 Å². The summed E-state index contributed by atoms with van der Waals surface area (Å²) >= 11 is 4.00. The predicted molar refractivity (Wildman–Crippen MR) is 60.1 cm³/mol. The molecule has 0 saturated heterocycles. The van der Waals surface area contributed by atoms with Crippen molar-refractivity contribution >= 4 is 22.7 Å². The molecule has 3 nitrogen and oxygen atoms in total. The smallest absolute Gasteiger partial charge is 0.207 e. The molecule has 0 atom stereocenters. The molecule has 0 unspecified atom stereocenters. The molecule has 0 aromatic heterocycles. The van der Waals surface area contributed by atoms with Gasteiger partial charge in [0.25, 0.3) is 0 Å². The summed E-state index contributed by atoms with van der Waals surface area (Å²) in [6.07, 6.45) is 0. The van der Waals surface area contributed by atoms with Crippen molar-refractivity contribution in [1.29, 1.82) is 0 Å². The van der Waals surface area contributed by atoms with E-state index in [-0.39, 0.29) is 0 Å². The molecule has 0 amide bonds. The van der Waals surface area contributed by atoms with Gasteiger partial charge in [0.2, 0.25) is 10.0 Å². The molecule has 0 radical (unpaired) electrons. The summed E-state index contributed by atoms with van der Waals surface area (Å²) < 4.78 is 24.9. The summed E-state index contributed by atoms with van der Waals surface area (Å²) in [6, 6.07) is 8.38. The second kappa shape index (κ2) is 4.82. The molecule has 1 rings (SSSR count). The Kier molecular flexibility index (Phi) is 3.97. The Morgan fingerprint density at radius 2 is 1.86 bits per heavy atom. The summed E-state index contributed by atoms with van der Waals surface area (Å²) in [7, 11) is -1.76. The van der Waals surface area contributed by atoms with Gasteiger partial charge in [-0.05, 0) is 12.1 Å². The van der Waals surface area contributed by atoms with E-state index in [0.29, 0.717) is 17.2 Å². The zero-order valence-corrected chi connectivity index (χ0v) is 9.63. The van der Waals surface area contributed by atoms with Gasteiger partial charge in [-0.25, -0.2) is 12.7 Å². The van der Waals surface area contributed by atoms with Crippen LogP contribution in [0.15, 0.2) is 35.2 Å². The Balaban J connectivity index is 2.97. The van der Waals surface area contributed by atoms with Crippen LogP contribution in [0.4, 0.5) is 0 Å². The van der Waals surface area contributed by atoms with Crippen LogP contribution in [0.25, 0.3) is 0 Å². The van der Waals surface area contributed by atoms with Crippen LogP contribution in [0.1, 0.15) is 0 Å². The van der Waals surface area contributed by atoms with Crippen LogP contribution in [0.5, 0.6) is 0 Å². The molecule has 1 aromatic carbocycles. The number of benzene rings is 1. The summed E-state index contributed by atoms with van der Waals surface area (Å²) in [5.74, 6) is 0.516. The third-order valence-electron chi connectivity index (χ3n) is 1.87. The van der Waals surface area contributed by atoms with Gasteiger partial charge < -0.3 is 0 Å². The second-order valence-corrected chi connectivity index (χ2v) is 5.36. The van der Waals surface area contributed by atoms with Gasteiger partial charge in [-0.1, -0.05) is 18.2 Å². The van der Waals surface area contributed by atoms with Crippen molar-refractivity contribution in [3.8, 4) is 0 Å². The fraction of sp³-hybridized carbons (Fsp3) is 0.333. The van der Waals surface area contributed by atoms with Crippen LogP contribution in [0.2, 0.25) is 0 Å².